The topological polar surface area (TPSA) is 60.2 Å². The summed E-state index contributed by atoms with van der Waals surface area (Å²) in [5, 5.41) is 10.6. The lowest BCUT2D eigenvalue weighted by molar-refractivity contribution is -0.429. The van der Waals surface area contributed by atoms with Crippen molar-refractivity contribution in [3.63, 3.8) is 0 Å². The highest BCUT2D eigenvalue weighted by molar-refractivity contribution is 5.96. The van der Waals surface area contributed by atoms with Gasteiger partial charge in [-0.15, -0.1) is 0 Å². The number of nitro groups is 1. The van der Waals surface area contributed by atoms with E-state index in [1.54, 1.807) is 6.08 Å². The number of ketones is 1. The van der Waals surface area contributed by atoms with Gasteiger partial charge in [0.2, 0.25) is 5.70 Å². The zero-order chi connectivity index (χ0) is 10.8. The first-order valence-corrected chi connectivity index (χ1v) is 5.27. The molecule has 0 radical (unpaired) electrons. The predicted octanol–water partition coefficient (Wildman–Crippen LogP) is 2.24. The van der Waals surface area contributed by atoms with Crippen molar-refractivity contribution in [3.8, 4) is 0 Å². The third-order valence-electron chi connectivity index (χ3n) is 3.11. The minimum atomic E-state index is -0.345. The van der Waals surface area contributed by atoms with Crippen LogP contribution in [0.25, 0.3) is 0 Å². The van der Waals surface area contributed by atoms with E-state index in [2.05, 4.69) is 0 Å². The Balaban J connectivity index is 2.27. The second-order valence-corrected chi connectivity index (χ2v) is 4.11. The lowest BCUT2D eigenvalue weighted by Gasteiger charge is -2.17. The van der Waals surface area contributed by atoms with Crippen LogP contribution in [0.4, 0.5) is 0 Å². The van der Waals surface area contributed by atoms with E-state index in [1.807, 2.05) is 0 Å². The van der Waals surface area contributed by atoms with E-state index >= 15 is 0 Å². The first-order valence-electron chi connectivity index (χ1n) is 5.27. The van der Waals surface area contributed by atoms with Crippen molar-refractivity contribution >= 4 is 5.78 Å². The summed E-state index contributed by atoms with van der Waals surface area (Å²) in [6.07, 6.45) is 6.98. The summed E-state index contributed by atoms with van der Waals surface area (Å²) < 4.78 is 0. The Morgan fingerprint density at radius 1 is 1.33 bits per heavy atom. The first kappa shape index (κ1) is 10.1. The van der Waals surface area contributed by atoms with Crippen LogP contribution < -0.4 is 0 Å². The fourth-order valence-corrected chi connectivity index (χ4v) is 2.29. The fourth-order valence-electron chi connectivity index (χ4n) is 2.29. The van der Waals surface area contributed by atoms with Gasteiger partial charge in [-0.3, -0.25) is 14.9 Å². The molecule has 2 rings (SSSR count). The SMILES string of the molecule is O=C1CCCCC2CC([N+](=O)[O-])=CC=C12. The average molecular weight is 207 g/mol. The molecule has 0 N–H and O–H groups in total. The summed E-state index contributed by atoms with van der Waals surface area (Å²) >= 11 is 0. The maximum Gasteiger partial charge on any atom is 0.246 e. The molecule has 0 aromatic carbocycles. The summed E-state index contributed by atoms with van der Waals surface area (Å²) in [6.45, 7) is 0. The fraction of sp³-hybridized carbons (Fsp3) is 0.545. The molecular weight excluding hydrogens is 194 g/mol. The van der Waals surface area contributed by atoms with Crippen LogP contribution in [0.1, 0.15) is 32.1 Å². The van der Waals surface area contributed by atoms with Gasteiger partial charge >= 0.3 is 0 Å². The Morgan fingerprint density at radius 3 is 2.87 bits per heavy atom. The number of hydrogen-bond donors (Lipinski definition) is 0. The third kappa shape index (κ3) is 1.98. The van der Waals surface area contributed by atoms with Crippen LogP contribution in [0.15, 0.2) is 23.4 Å². The molecule has 15 heavy (non-hydrogen) atoms. The maximum atomic E-state index is 11.7. The van der Waals surface area contributed by atoms with Crippen LogP contribution in [0.3, 0.4) is 0 Å². The second-order valence-electron chi connectivity index (χ2n) is 4.11. The van der Waals surface area contributed by atoms with Gasteiger partial charge in [0.25, 0.3) is 0 Å². The van der Waals surface area contributed by atoms with Crippen molar-refractivity contribution in [1.29, 1.82) is 0 Å². The predicted molar refractivity (Wildman–Crippen MR) is 54.7 cm³/mol. The summed E-state index contributed by atoms with van der Waals surface area (Å²) in [4.78, 5) is 21.9. The normalized spacial score (nSPS) is 26.1. The number of hydrogen-bond acceptors (Lipinski definition) is 3. The van der Waals surface area contributed by atoms with E-state index < -0.39 is 0 Å². The van der Waals surface area contributed by atoms with Crippen LogP contribution >= 0.6 is 0 Å². The molecule has 0 spiro atoms. The molecule has 0 aromatic rings. The highest BCUT2D eigenvalue weighted by Gasteiger charge is 2.30. The largest absolute Gasteiger partial charge is 0.295 e. The average Bonchev–Trinajstić information content (AvgIpc) is 2.40. The van der Waals surface area contributed by atoms with Crippen LogP contribution in [-0.4, -0.2) is 10.7 Å². The summed E-state index contributed by atoms with van der Waals surface area (Å²) in [6, 6.07) is 0. The van der Waals surface area contributed by atoms with Crippen LogP contribution in [0.5, 0.6) is 0 Å². The molecule has 0 bridgehead atoms. The van der Waals surface area contributed by atoms with Crippen LogP contribution in [0, 0.1) is 16.0 Å². The number of fused-ring (bicyclic) bond motifs is 1. The third-order valence-corrected chi connectivity index (χ3v) is 3.11. The number of rotatable bonds is 1. The van der Waals surface area contributed by atoms with Gasteiger partial charge in [0.05, 0.1) is 4.92 Å². The smallest absolute Gasteiger partial charge is 0.246 e. The van der Waals surface area contributed by atoms with E-state index in [0.717, 1.165) is 24.8 Å². The molecule has 4 heteroatoms. The Hall–Kier alpha value is -1.45. The lowest BCUT2D eigenvalue weighted by atomic mass is 9.86. The van der Waals surface area contributed by atoms with Crippen LogP contribution in [0.2, 0.25) is 0 Å². The Labute approximate surface area is 87.8 Å². The van der Waals surface area contributed by atoms with Crippen molar-refractivity contribution in [2.24, 2.45) is 5.92 Å². The van der Waals surface area contributed by atoms with Gasteiger partial charge in [0.1, 0.15) is 0 Å². The van der Waals surface area contributed by atoms with Crippen molar-refractivity contribution in [2.45, 2.75) is 32.1 Å². The Morgan fingerprint density at radius 2 is 2.13 bits per heavy atom. The van der Waals surface area contributed by atoms with E-state index in [0.29, 0.717) is 12.8 Å². The summed E-state index contributed by atoms with van der Waals surface area (Å²) in [7, 11) is 0. The van der Waals surface area contributed by atoms with E-state index in [-0.39, 0.29) is 22.3 Å². The van der Waals surface area contributed by atoms with Crippen LogP contribution in [-0.2, 0) is 4.79 Å². The molecule has 1 atom stereocenters. The number of carbonyl (C=O) groups is 1. The van der Waals surface area contributed by atoms with Gasteiger partial charge in [0, 0.05) is 18.9 Å². The molecule has 0 aliphatic heterocycles. The van der Waals surface area contributed by atoms with Crippen molar-refractivity contribution in [3.05, 3.63) is 33.5 Å². The van der Waals surface area contributed by atoms with E-state index in [4.69, 9.17) is 0 Å². The highest BCUT2D eigenvalue weighted by atomic mass is 16.6. The quantitative estimate of drug-likeness (QED) is 0.489. The highest BCUT2D eigenvalue weighted by Crippen LogP contribution is 2.33. The van der Waals surface area contributed by atoms with Crippen molar-refractivity contribution < 1.29 is 9.72 Å². The second kappa shape index (κ2) is 3.96. The Bertz CT molecular complexity index is 368. The molecule has 1 saturated carbocycles. The van der Waals surface area contributed by atoms with Crippen molar-refractivity contribution in [1.82, 2.24) is 0 Å². The van der Waals surface area contributed by atoms with E-state index in [9.17, 15) is 14.9 Å². The minimum absolute atomic E-state index is 0.0883. The first-order chi connectivity index (χ1) is 7.18. The molecular formula is C11H13NO3. The van der Waals surface area contributed by atoms with Crippen molar-refractivity contribution in [2.75, 3.05) is 0 Å². The monoisotopic (exact) mass is 207 g/mol. The summed E-state index contributed by atoms with van der Waals surface area (Å²) in [5.41, 5.74) is 1.04. The van der Waals surface area contributed by atoms with Gasteiger partial charge < -0.3 is 0 Å². The maximum absolute atomic E-state index is 11.7. The molecule has 0 heterocycles. The molecule has 2 aliphatic rings. The molecule has 0 saturated heterocycles. The number of carbonyl (C=O) groups excluding carboxylic acids is 1. The number of nitrogens with zero attached hydrogens (tertiary/aromatic N) is 1. The molecule has 4 nitrogen and oxygen atoms in total. The van der Waals surface area contributed by atoms with E-state index in [1.165, 1.54) is 6.08 Å². The standard InChI is InChI=1S/C11H13NO3/c13-11-4-2-1-3-8-7-9(12(14)15)5-6-10(8)11/h5-6,8H,1-4,7H2. The number of allylic oxidation sites excluding steroid dienone is 4. The lowest BCUT2D eigenvalue weighted by Crippen LogP contribution is -2.16. The molecule has 2 aliphatic carbocycles. The molecule has 1 fully saturated rings. The zero-order valence-electron chi connectivity index (χ0n) is 8.44. The van der Waals surface area contributed by atoms with Gasteiger partial charge in [-0.25, -0.2) is 0 Å². The zero-order valence-corrected chi connectivity index (χ0v) is 8.44. The Kier molecular flexibility index (Phi) is 2.66. The van der Waals surface area contributed by atoms with Gasteiger partial charge in [-0.1, -0.05) is 6.42 Å². The minimum Gasteiger partial charge on any atom is -0.295 e. The summed E-state index contributed by atoms with van der Waals surface area (Å²) in [5.74, 6) is 0.265. The molecule has 0 amide bonds. The van der Waals surface area contributed by atoms with Gasteiger partial charge in [-0.05, 0) is 30.4 Å². The molecule has 1 unspecified atom stereocenters. The molecule has 80 valence electrons. The van der Waals surface area contributed by atoms with Gasteiger partial charge in [0.15, 0.2) is 5.78 Å². The van der Waals surface area contributed by atoms with Gasteiger partial charge in [-0.2, -0.15) is 0 Å². The molecule has 0 aromatic heterocycles. The number of Topliss-reactive ketones (excluding diaryl/α,β-unsaturated/α-hetero) is 1.